The summed E-state index contributed by atoms with van der Waals surface area (Å²) in [6.07, 6.45) is -24.5. The summed E-state index contributed by atoms with van der Waals surface area (Å²) in [6, 6.07) is 0. The number of aliphatic hydroxyl groups excluding tert-OH is 15. The molecule has 30 atom stereocenters. The zero-order valence-electron chi connectivity index (χ0n) is 45.4. The highest BCUT2D eigenvalue weighted by atomic mass is 16.8. The van der Waals surface area contributed by atoms with Gasteiger partial charge >= 0.3 is 5.97 Å². The van der Waals surface area contributed by atoms with E-state index in [9.17, 15) is 81.4 Å². The number of ether oxygens (including phenoxy) is 8. The van der Waals surface area contributed by atoms with E-state index in [-0.39, 0.29) is 51.4 Å². The van der Waals surface area contributed by atoms with Crippen molar-refractivity contribution in [2.75, 3.05) is 26.4 Å². The third-order valence-electron chi connectivity index (χ3n) is 21.8. The van der Waals surface area contributed by atoms with Gasteiger partial charge in [-0.2, -0.15) is 0 Å². The molecule has 4 saturated heterocycles. The van der Waals surface area contributed by atoms with E-state index in [1.165, 1.54) is 6.92 Å². The Balaban J connectivity index is 0.875. The van der Waals surface area contributed by atoms with Crippen LogP contribution < -0.4 is 0 Å². The van der Waals surface area contributed by atoms with Crippen molar-refractivity contribution in [1.29, 1.82) is 0 Å². The quantitative estimate of drug-likeness (QED) is 0.0414. The first kappa shape index (κ1) is 60.9. The Labute approximate surface area is 453 Å². The predicted molar refractivity (Wildman–Crippen MR) is 264 cm³/mol. The molecule has 448 valence electrons. The predicted octanol–water partition coefficient (Wildman–Crippen LogP) is -3.06. The maximum absolute atomic E-state index is 13.1. The molecule has 0 bridgehead atoms. The second-order valence-corrected chi connectivity index (χ2v) is 25.6. The average Bonchev–Trinajstić information content (AvgIpc) is 2.05. The topological polar surface area (TPSA) is 394 Å². The number of carbonyl (C=O) groups excluding carboxylic acids is 1. The smallest absolute Gasteiger partial charge is 0.335 e. The molecule has 2 spiro atoms. The van der Waals surface area contributed by atoms with Crippen molar-refractivity contribution in [3.8, 4) is 0 Å². The van der Waals surface area contributed by atoms with Crippen molar-refractivity contribution >= 4 is 5.97 Å². The van der Waals surface area contributed by atoms with Gasteiger partial charge in [0.25, 0.3) is 0 Å². The minimum absolute atomic E-state index is 0.0211. The van der Waals surface area contributed by atoms with E-state index < -0.39 is 173 Å². The second kappa shape index (κ2) is 22.7. The van der Waals surface area contributed by atoms with E-state index in [0.717, 1.165) is 51.4 Å². The first-order chi connectivity index (χ1) is 36.7. The van der Waals surface area contributed by atoms with Gasteiger partial charge in [0.1, 0.15) is 97.7 Å². The Bertz CT molecular complexity index is 2120. The van der Waals surface area contributed by atoms with Crippen LogP contribution in [0.1, 0.15) is 106 Å². The van der Waals surface area contributed by atoms with Gasteiger partial charge in [-0.1, -0.05) is 40.7 Å². The minimum Gasteiger partial charge on any atom is -0.429 e. The average molecular weight is 1120 g/mol. The van der Waals surface area contributed by atoms with Gasteiger partial charge in [0.2, 0.25) is 6.29 Å². The van der Waals surface area contributed by atoms with Crippen molar-refractivity contribution in [1.82, 2.24) is 0 Å². The molecule has 0 amide bonds. The molecule has 9 rings (SSSR count). The largest absolute Gasteiger partial charge is 0.429 e. The Kier molecular flexibility index (Phi) is 17.7. The van der Waals surface area contributed by atoms with Gasteiger partial charge < -0.3 is 114 Å². The molecule has 4 aliphatic heterocycles. The van der Waals surface area contributed by atoms with Gasteiger partial charge in [-0.15, -0.1) is 0 Å². The molecule has 9 fully saturated rings. The number of hydrogen-bond acceptors (Lipinski definition) is 24. The molecular formula is C54H88O24. The van der Waals surface area contributed by atoms with Crippen LogP contribution in [0, 0.1) is 50.7 Å². The van der Waals surface area contributed by atoms with E-state index in [4.69, 9.17) is 37.9 Å². The molecule has 24 nitrogen and oxygen atoms in total. The molecule has 9 aliphatic rings. The van der Waals surface area contributed by atoms with Gasteiger partial charge in [0, 0.05) is 5.57 Å². The number of carbonyl (C=O) groups is 1. The molecule has 0 aromatic rings. The van der Waals surface area contributed by atoms with Crippen LogP contribution in [0.4, 0.5) is 0 Å². The molecule has 0 aromatic carbocycles. The van der Waals surface area contributed by atoms with E-state index in [2.05, 4.69) is 34.6 Å². The number of hydrogen-bond donors (Lipinski definition) is 15. The standard InChI is InChI=1S/C54H88O24/c1-22(45(70)78-47-42(69)38(65)34(61)27(18-56)72-47)7-8-25(59)23(2)24-11-13-52(6)31-10-9-30-50(3,4)32(12-14-53(30)21-54(31,53)16-15-51(24,52)5)75-48-43(39(66)35(62)28(19-57)73-48)77-49-44(40(67)36(63)29(20-58)74-49)76-46-41(68)37(64)33(60)26(17-55)71-46/h7,23-44,46-49,55-69H,8-21H2,1-6H3/b22-7+/t23-,24+,25-,26+,27+,28+,29+,30+,31-,32-,33+,34+,35+,36+,37-,38-,39-,40-,41+,42+,43+,44+,46-,47-,48-,49-,51+,52-,53+,54-/m0/s1. The van der Waals surface area contributed by atoms with Crippen LogP contribution in [0.15, 0.2) is 11.6 Å². The van der Waals surface area contributed by atoms with Crippen LogP contribution in [-0.4, -0.2) is 244 Å². The van der Waals surface area contributed by atoms with Gasteiger partial charge in [0.15, 0.2) is 18.9 Å². The van der Waals surface area contributed by atoms with E-state index >= 15 is 0 Å². The van der Waals surface area contributed by atoms with Crippen molar-refractivity contribution in [2.24, 2.45) is 50.7 Å². The first-order valence-corrected chi connectivity index (χ1v) is 28.1. The van der Waals surface area contributed by atoms with Crippen molar-refractivity contribution < 1.29 is 119 Å². The summed E-state index contributed by atoms with van der Waals surface area (Å²) in [7, 11) is 0. The summed E-state index contributed by atoms with van der Waals surface area (Å²) in [5.41, 5.74) is -0.341. The minimum atomic E-state index is -1.93. The highest BCUT2D eigenvalue weighted by molar-refractivity contribution is 5.87. The van der Waals surface area contributed by atoms with Crippen LogP contribution in [-0.2, 0) is 42.7 Å². The maximum Gasteiger partial charge on any atom is 0.335 e. The molecule has 24 heteroatoms. The number of fused-ring (bicyclic) bond motifs is 2. The van der Waals surface area contributed by atoms with E-state index in [1.54, 1.807) is 6.08 Å². The van der Waals surface area contributed by atoms with Crippen molar-refractivity contribution in [3.63, 3.8) is 0 Å². The number of rotatable bonds is 16. The molecular weight excluding hydrogens is 1030 g/mol. The maximum atomic E-state index is 13.1. The molecule has 0 unspecified atom stereocenters. The van der Waals surface area contributed by atoms with Crippen LogP contribution in [0.25, 0.3) is 0 Å². The summed E-state index contributed by atoms with van der Waals surface area (Å²) in [6.45, 7) is 9.84. The molecule has 0 aromatic heterocycles. The third-order valence-corrected chi connectivity index (χ3v) is 21.8. The lowest BCUT2D eigenvalue weighted by Gasteiger charge is -2.63. The van der Waals surface area contributed by atoms with Crippen LogP contribution in [0.3, 0.4) is 0 Å². The highest BCUT2D eigenvalue weighted by Crippen LogP contribution is 2.89. The molecule has 5 aliphatic carbocycles. The number of esters is 1. The number of aliphatic hydroxyl groups is 15. The monoisotopic (exact) mass is 1120 g/mol. The summed E-state index contributed by atoms with van der Waals surface area (Å²) in [5, 5.41) is 159. The Hall–Kier alpha value is -1.67. The zero-order chi connectivity index (χ0) is 56.9. The Morgan fingerprint density at radius 3 is 1.55 bits per heavy atom. The van der Waals surface area contributed by atoms with Crippen LogP contribution >= 0.6 is 0 Å². The van der Waals surface area contributed by atoms with E-state index in [1.807, 2.05) is 0 Å². The second-order valence-electron chi connectivity index (χ2n) is 25.6. The lowest BCUT2D eigenvalue weighted by atomic mass is 9.41. The lowest BCUT2D eigenvalue weighted by molar-refractivity contribution is -0.398. The van der Waals surface area contributed by atoms with E-state index in [0.29, 0.717) is 12.3 Å². The van der Waals surface area contributed by atoms with Crippen LogP contribution in [0.2, 0.25) is 0 Å². The Morgan fingerprint density at radius 2 is 1.00 bits per heavy atom. The fraction of sp³-hybridized carbons (Fsp3) is 0.944. The zero-order valence-corrected chi connectivity index (χ0v) is 45.4. The highest BCUT2D eigenvalue weighted by Gasteiger charge is 2.82. The fourth-order valence-electron chi connectivity index (χ4n) is 17.0. The Morgan fingerprint density at radius 1 is 0.538 bits per heavy atom. The lowest BCUT2D eigenvalue weighted by Crippen LogP contribution is -2.67. The van der Waals surface area contributed by atoms with Crippen molar-refractivity contribution in [3.05, 3.63) is 11.6 Å². The SMILES string of the molecule is C/C(=C\C[C@H](O)[C@@H](C)[C@H]1CC[C@@]2(C)[C@@H]3CC[C@@H]4C(C)(C)[C@@H](O[C@@H]5O[C@H](CO)[C@@H](O)[C@H](O)[C@H]5O[C@@H]5O[C@H](CO)[C@@H](O)[C@H](O)[C@H]5O[C@@H]5O[C@H](CO)[C@@H](O)[C@H](O)[C@H]5O)CC[C@@]45C[C@@]35CC[C@]12C)C(=O)O[C@@H]1O[C@H](CO)[C@@H](O)[C@H](O)[C@H]1O. The third kappa shape index (κ3) is 9.86. The molecule has 78 heavy (non-hydrogen) atoms. The van der Waals surface area contributed by atoms with Gasteiger partial charge in [-0.25, -0.2) is 4.79 Å². The molecule has 15 N–H and O–H groups in total. The summed E-state index contributed by atoms with van der Waals surface area (Å²) < 4.78 is 47.3. The normalized spacial score (nSPS) is 52.8. The molecule has 5 saturated carbocycles. The summed E-state index contributed by atoms with van der Waals surface area (Å²) in [4.78, 5) is 13.1. The van der Waals surface area contributed by atoms with Crippen molar-refractivity contribution in [2.45, 2.75) is 241 Å². The molecule has 0 radical (unpaired) electrons. The summed E-state index contributed by atoms with van der Waals surface area (Å²) >= 11 is 0. The molecule has 4 heterocycles. The van der Waals surface area contributed by atoms with Gasteiger partial charge in [0.05, 0.1) is 38.6 Å². The first-order valence-electron chi connectivity index (χ1n) is 28.1. The van der Waals surface area contributed by atoms with Gasteiger partial charge in [-0.05, 0) is 122 Å². The van der Waals surface area contributed by atoms with Gasteiger partial charge in [-0.3, -0.25) is 0 Å². The summed E-state index contributed by atoms with van der Waals surface area (Å²) in [5.74, 6) is -0.134. The fourth-order valence-corrected chi connectivity index (χ4v) is 17.0. The van der Waals surface area contributed by atoms with Crippen LogP contribution in [0.5, 0.6) is 0 Å².